The third-order valence-electron chi connectivity index (χ3n) is 6.90. The minimum absolute atomic E-state index is 0.0882. The number of likely N-dealkylation sites (N-methyl/N-ethyl adjacent to an activating group) is 1. The molecule has 0 unspecified atom stereocenters. The molecule has 2 amide bonds. The third kappa shape index (κ3) is 6.10. The highest BCUT2D eigenvalue weighted by Crippen LogP contribution is 2.16. The summed E-state index contributed by atoms with van der Waals surface area (Å²) >= 11 is 0. The van der Waals surface area contributed by atoms with Gasteiger partial charge in [-0.2, -0.15) is 9.67 Å². The molecule has 5 rings (SSSR count). The minimum atomic E-state index is -0.143. The van der Waals surface area contributed by atoms with Crippen LogP contribution in [0.1, 0.15) is 37.5 Å². The zero-order chi connectivity index (χ0) is 28.1. The van der Waals surface area contributed by atoms with Crippen molar-refractivity contribution in [3.8, 4) is 5.69 Å². The second-order valence-electron chi connectivity index (χ2n) is 10.1. The molecular weight excluding hydrogens is 502 g/mol. The standard InChI is InChI=1S/C31H33N7O2/c1-36(2)16-15-32-30(39)24-11-14-28-27(18-24)34-21-38(28)25-12-9-23(10-13-25)19-33-31(40)26-20-35-37(3)29(26)17-22-7-5-4-6-8-22/h4-14,18,20-21H,15-17,19H2,1-3H3,(H2,32,33,39,40)/p+1. The van der Waals surface area contributed by atoms with E-state index in [2.05, 4.69) is 20.7 Å². The van der Waals surface area contributed by atoms with Crippen molar-refractivity contribution >= 4 is 22.8 Å². The van der Waals surface area contributed by atoms with Crippen molar-refractivity contribution in [1.82, 2.24) is 30.3 Å². The molecule has 3 aromatic carbocycles. The molecule has 0 aliphatic rings. The molecule has 0 radical (unpaired) electrons. The van der Waals surface area contributed by atoms with Gasteiger partial charge in [0.05, 0.1) is 17.5 Å². The number of carbonyl (C=O) groups excluding carboxylic acids is 2. The molecule has 0 fully saturated rings. The number of fused-ring (bicyclic) bond motifs is 1. The third-order valence-corrected chi connectivity index (χ3v) is 6.90. The Morgan fingerprint density at radius 3 is 2.48 bits per heavy atom. The smallest absolute Gasteiger partial charge is 0.255 e. The number of imidazole rings is 1. The summed E-state index contributed by atoms with van der Waals surface area (Å²) in [6.07, 6.45) is 4.15. The van der Waals surface area contributed by atoms with E-state index in [1.807, 2.05) is 110 Å². The number of hydrogen-bond donors (Lipinski definition) is 3. The number of aromatic amines is 1. The molecule has 40 heavy (non-hydrogen) atoms. The Bertz CT molecular complexity index is 1620. The molecule has 204 valence electrons. The first kappa shape index (κ1) is 26.8. The molecule has 0 atom stereocenters. The summed E-state index contributed by atoms with van der Waals surface area (Å²) in [5, 5.41) is 10.3. The number of amides is 2. The van der Waals surface area contributed by atoms with Crippen LogP contribution in [0.5, 0.6) is 0 Å². The van der Waals surface area contributed by atoms with E-state index in [9.17, 15) is 9.59 Å². The van der Waals surface area contributed by atoms with Crippen LogP contribution in [0.4, 0.5) is 0 Å². The largest absolute Gasteiger partial charge is 0.351 e. The van der Waals surface area contributed by atoms with E-state index in [0.717, 1.165) is 40.1 Å². The van der Waals surface area contributed by atoms with Gasteiger partial charge in [0, 0.05) is 44.7 Å². The van der Waals surface area contributed by atoms with Gasteiger partial charge in [-0.15, -0.1) is 0 Å². The van der Waals surface area contributed by atoms with Crippen molar-refractivity contribution in [2.75, 3.05) is 27.2 Å². The summed E-state index contributed by atoms with van der Waals surface area (Å²) in [5.41, 5.74) is 7.02. The Morgan fingerprint density at radius 1 is 0.950 bits per heavy atom. The SMILES string of the molecule is CN(C)CCNC(=O)c1ccc2c(c1)[nH]c[n+]2-c1ccc(CNC(=O)c2cnn(C)c2Cc2ccccc2)cc1. The molecule has 0 saturated heterocycles. The van der Waals surface area contributed by atoms with Gasteiger partial charge in [-0.05, 0) is 49.5 Å². The maximum Gasteiger partial charge on any atom is 0.255 e. The van der Waals surface area contributed by atoms with E-state index in [1.165, 1.54) is 0 Å². The quantitative estimate of drug-likeness (QED) is 0.239. The van der Waals surface area contributed by atoms with Crippen molar-refractivity contribution in [1.29, 1.82) is 0 Å². The van der Waals surface area contributed by atoms with Crippen LogP contribution in [-0.4, -0.2) is 58.7 Å². The topological polar surface area (TPSA) is 98.9 Å². The van der Waals surface area contributed by atoms with Crippen molar-refractivity contribution in [2.45, 2.75) is 13.0 Å². The van der Waals surface area contributed by atoms with E-state index >= 15 is 0 Å². The highest BCUT2D eigenvalue weighted by Gasteiger charge is 2.17. The molecule has 9 heteroatoms. The zero-order valence-corrected chi connectivity index (χ0v) is 23.0. The number of carbonyl (C=O) groups is 2. The van der Waals surface area contributed by atoms with E-state index in [1.54, 1.807) is 10.9 Å². The lowest BCUT2D eigenvalue weighted by atomic mass is 10.1. The van der Waals surface area contributed by atoms with Crippen LogP contribution in [-0.2, 0) is 20.0 Å². The number of hydrogen-bond acceptors (Lipinski definition) is 4. The predicted octanol–water partition coefficient (Wildman–Crippen LogP) is 2.99. The lowest BCUT2D eigenvalue weighted by Gasteiger charge is -2.10. The molecule has 0 saturated carbocycles. The minimum Gasteiger partial charge on any atom is -0.351 e. The molecular formula is C31H34N7O2+. The maximum atomic E-state index is 13.0. The number of aromatic nitrogens is 4. The van der Waals surface area contributed by atoms with Crippen LogP contribution in [0.2, 0.25) is 0 Å². The summed E-state index contributed by atoms with van der Waals surface area (Å²) in [5.74, 6) is -0.231. The molecule has 0 aliphatic carbocycles. The normalized spacial score (nSPS) is 11.2. The van der Waals surface area contributed by atoms with Crippen LogP contribution in [0.25, 0.3) is 16.7 Å². The van der Waals surface area contributed by atoms with Crippen molar-refractivity contribution in [3.63, 3.8) is 0 Å². The Morgan fingerprint density at radius 2 is 1.73 bits per heavy atom. The van der Waals surface area contributed by atoms with Gasteiger partial charge < -0.3 is 15.5 Å². The van der Waals surface area contributed by atoms with Gasteiger partial charge in [-0.1, -0.05) is 42.5 Å². The number of rotatable bonds is 10. The van der Waals surface area contributed by atoms with Crippen molar-refractivity contribution in [3.05, 3.63) is 113 Å². The lowest BCUT2D eigenvalue weighted by molar-refractivity contribution is -0.567. The number of nitrogens with one attached hydrogen (secondary N) is 3. The van der Waals surface area contributed by atoms with Gasteiger partial charge in [0.1, 0.15) is 5.69 Å². The predicted molar refractivity (Wildman–Crippen MR) is 154 cm³/mol. The van der Waals surface area contributed by atoms with Gasteiger partial charge in [-0.25, -0.2) is 4.98 Å². The molecule has 2 heterocycles. The first-order valence-electron chi connectivity index (χ1n) is 13.3. The van der Waals surface area contributed by atoms with Crippen LogP contribution >= 0.6 is 0 Å². The summed E-state index contributed by atoms with van der Waals surface area (Å²) in [4.78, 5) is 30.8. The fourth-order valence-corrected chi connectivity index (χ4v) is 4.62. The number of benzene rings is 3. The second-order valence-corrected chi connectivity index (χ2v) is 10.1. The molecule has 0 aliphatic heterocycles. The Kier molecular flexibility index (Phi) is 8.02. The molecule has 0 bridgehead atoms. The summed E-state index contributed by atoms with van der Waals surface area (Å²) in [6.45, 7) is 1.79. The zero-order valence-electron chi connectivity index (χ0n) is 23.0. The monoisotopic (exact) mass is 536 g/mol. The summed E-state index contributed by atoms with van der Waals surface area (Å²) in [7, 11) is 5.81. The van der Waals surface area contributed by atoms with Gasteiger partial charge in [0.15, 0.2) is 11.0 Å². The number of aryl methyl sites for hydroxylation is 1. The molecule has 9 nitrogen and oxygen atoms in total. The average Bonchev–Trinajstić information content (AvgIpc) is 3.55. The first-order valence-corrected chi connectivity index (χ1v) is 13.3. The maximum absolute atomic E-state index is 13.0. The molecule has 2 aromatic heterocycles. The van der Waals surface area contributed by atoms with E-state index in [0.29, 0.717) is 30.6 Å². The Labute approximate surface area is 233 Å². The Hall–Kier alpha value is -4.76. The van der Waals surface area contributed by atoms with Gasteiger partial charge in [0.2, 0.25) is 6.33 Å². The highest BCUT2D eigenvalue weighted by molar-refractivity contribution is 5.97. The van der Waals surface area contributed by atoms with E-state index < -0.39 is 0 Å². The second kappa shape index (κ2) is 12.0. The summed E-state index contributed by atoms with van der Waals surface area (Å²) in [6, 6.07) is 23.7. The molecule has 0 spiro atoms. The van der Waals surface area contributed by atoms with Crippen LogP contribution in [0.15, 0.2) is 85.3 Å². The lowest BCUT2D eigenvalue weighted by Crippen LogP contribution is -2.31. The number of H-pyrrole nitrogens is 1. The van der Waals surface area contributed by atoms with Gasteiger partial charge in [-0.3, -0.25) is 14.3 Å². The van der Waals surface area contributed by atoms with Crippen LogP contribution in [0, 0.1) is 0 Å². The van der Waals surface area contributed by atoms with Crippen molar-refractivity contribution < 1.29 is 14.2 Å². The van der Waals surface area contributed by atoms with Gasteiger partial charge >= 0.3 is 0 Å². The fourth-order valence-electron chi connectivity index (χ4n) is 4.62. The fraction of sp³-hybridized carbons (Fsp3) is 0.226. The van der Waals surface area contributed by atoms with E-state index in [-0.39, 0.29) is 11.8 Å². The first-order chi connectivity index (χ1) is 19.4. The van der Waals surface area contributed by atoms with Crippen molar-refractivity contribution in [2.24, 2.45) is 7.05 Å². The number of nitrogens with zero attached hydrogens (tertiary/aromatic N) is 4. The van der Waals surface area contributed by atoms with E-state index in [4.69, 9.17) is 0 Å². The van der Waals surface area contributed by atoms with Gasteiger partial charge in [0.25, 0.3) is 11.8 Å². The molecule has 3 N–H and O–H groups in total. The summed E-state index contributed by atoms with van der Waals surface area (Å²) < 4.78 is 3.80. The Balaban J connectivity index is 1.23. The molecule has 5 aromatic rings. The average molecular weight is 537 g/mol. The van der Waals surface area contributed by atoms with Crippen LogP contribution < -0.4 is 15.2 Å². The van der Waals surface area contributed by atoms with Crippen LogP contribution in [0.3, 0.4) is 0 Å². The highest BCUT2D eigenvalue weighted by atomic mass is 16.2.